The topological polar surface area (TPSA) is 69.6 Å². The van der Waals surface area contributed by atoms with Crippen LogP contribution in [0.3, 0.4) is 0 Å². The molecule has 44 heavy (non-hydrogen) atoms. The molecule has 0 aromatic heterocycles. The van der Waals surface area contributed by atoms with E-state index in [9.17, 15) is 15.0 Å². The molecule has 0 radical (unpaired) electrons. The summed E-state index contributed by atoms with van der Waals surface area (Å²) < 4.78 is 0. The van der Waals surface area contributed by atoms with Crippen molar-refractivity contribution < 1.29 is 15.0 Å². The fraction of sp³-hybridized carbons (Fsp3) is 0.725. The van der Waals surface area contributed by atoms with Crippen molar-refractivity contribution in [2.24, 2.45) is 0 Å². The summed E-state index contributed by atoms with van der Waals surface area (Å²) in [7, 11) is 0. The lowest BCUT2D eigenvalue weighted by Gasteiger charge is -2.19. The highest BCUT2D eigenvalue weighted by atomic mass is 16.3. The van der Waals surface area contributed by atoms with Crippen molar-refractivity contribution in [2.45, 2.75) is 180 Å². The van der Waals surface area contributed by atoms with Gasteiger partial charge in [0.25, 0.3) is 0 Å². The quantitative estimate of drug-likeness (QED) is 0.0522. The Balaban J connectivity index is 3.72. The highest BCUT2D eigenvalue weighted by Gasteiger charge is 2.17. The summed E-state index contributed by atoms with van der Waals surface area (Å²) in [6.45, 7) is 4.16. The Bertz CT molecular complexity index is 752. The smallest absolute Gasteiger partial charge is 0.220 e. The SMILES string of the molecule is CC/C=C\C/C=C\C/C=C\C/C=C\CCCCC(=O)NC(CO)C(O)/C=C/CCCCCCCCCCCCCCCCC. The molecule has 0 saturated heterocycles. The molecule has 2 atom stereocenters. The number of carbonyl (C=O) groups is 1. The van der Waals surface area contributed by atoms with Gasteiger partial charge >= 0.3 is 0 Å². The zero-order valence-electron chi connectivity index (χ0n) is 28.9. The van der Waals surface area contributed by atoms with Gasteiger partial charge in [0.1, 0.15) is 0 Å². The van der Waals surface area contributed by atoms with Crippen molar-refractivity contribution in [1.29, 1.82) is 0 Å². The minimum Gasteiger partial charge on any atom is -0.394 e. The van der Waals surface area contributed by atoms with Gasteiger partial charge in [-0.15, -0.1) is 0 Å². The van der Waals surface area contributed by atoms with Crippen molar-refractivity contribution in [3.8, 4) is 0 Å². The highest BCUT2D eigenvalue weighted by Crippen LogP contribution is 2.14. The van der Waals surface area contributed by atoms with Gasteiger partial charge in [0.15, 0.2) is 0 Å². The van der Waals surface area contributed by atoms with E-state index in [0.29, 0.717) is 6.42 Å². The Morgan fingerprint density at radius 1 is 0.568 bits per heavy atom. The number of rotatable bonds is 32. The van der Waals surface area contributed by atoms with E-state index >= 15 is 0 Å². The molecule has 0 spiro atoms. The first kappa shape index (κ1) is 42.1. The van der Waals surface area contributed by atoms with E-state index in [1.54, 1.807) is 6.08 Å². The van der Waals surface area contributed by atoms with Gasteiger partial charge in [-0.1, -0.05) is 164 Å². The summed E-state index contributed by atoms with van der Waals surface area (Å²) in [5.41, 5.74) is 0. The van der Waals surface area contributed by atoms with Crippen LogP contribution in [0.15, 0.2) is 60.8 Å². The molecule has 4 heteroatoms. The largest absolute Gasteiger partial charge is 0.394 e. The van der Waals surface area contributed by atoms with Gasteiger partial charge in [0.2, 0.25) is 5.91 Å². The normalized spacial score (nSPS) is 13.8. The van der Waals surface area contributed by atoms with E-state index < -0.39 is 12.1 Å². The van der Waals surface area contributed by atoms with Crippen LogP contribution in [0.1, 0.15) is 168 Å². The predicted molar refractivity (Wildman–Crippen MR) is 193 cm³/mol. The summed E-state index contributed by atoms with van der Waals surface area (Å²) in [4.78, 5) is 12.3. The fourth-order valence-corrected chi connectivity index (χ4v) is 5.17. The molecule has 0 aliphatic heterocycles. The number of aliphatic hydroxyl groups excluding tert-OH is 2. The predicted octanol–water partition coefficient (Wildman–Crippen LogP) is 11.0. The first-order valence-corrected chi connectivity index (χ1v) is 18.5. The van der Waals surface area contributed by atoms with E-state index in [4.69, 9.17) is 0 Å². The number of unbranched alkanes of at least 4 members (excludes halogenated alkanes) is 17. The van der Waals surface area contributed by atoms with Crippen molar-refractivity contribution in [3.05, 3.63) is 60.8 Å². The van der Waals surface area contributed by atoms with Crippen molar-refractivity contribution >= 4 is 5.91 Å². The lowest BCUT2D eigenvalue weighted by Crippen LogP contribution is -2.45. The third-order valence-corrected chi connectivity index (χ3v) is 8.01. The van der Waals surface area contributed by atoms with E-state index in [1.165, 1.54) is 89.9 Å². The van der Waals surface area contributed by atoms with Crippen LogP contribution in [-0.4, -0.2) is 34.9 Å². The second-order valence-corrected chi connectivity index (χ2v) is 12.3. The van der Waals surface area contributed by atoms with Crippen LogP contribution < -0.4 is 5.32 Å². The monoisotopic (exact) mass is 614 g/mol. The minimum atomic E-state index is -0.857. The molecule has 0 aliphatic carbocycles. The molecule has 0 bridgehead atoms. The molecule has 1 amide bonds. The molecular formula is C40H71NO3. The van der Waals surface area contributed by atoms with Gasteiger partial charge in [-0.2, -0.15) is 0 Å². The fourth-order valence-electron chi connectivity index (χ4n) is 5.17. The van der Waals surface area contributed by atoms with E-state index in [2.05, 4.69) is 67.8 Å². The van der Waals surface area contributed by atoms with Crippen LogP contribution in [0.25, 0.3) is 0 Å². The molecule has 0 fully saturated rings. The Hall–Kier alpha value is -1.91. The Morgan fingerprint density at radius 2 is 1.00 bits per heavy atom. The second-order valence-electron chi connectivity index (χ2n) is 12.3. The molecule has 0 rings (SSSR count). The lowest BCUT2D eigenvalue weighted by molar-refractivity contribution is -0.123. The van der Waals surface area contributed by atoms with Crippen molar-refractivity contribution in [1.82, 2.24) is 5.32 Å². The third kappa shape index (κ3) is 31.5. The Labute approximate surface area is 273 Å². The van der Waals surface area contributed by atoms with Gasteiger partial charge in [-0.05, 0) is 57.8 Å². The van der Waals surface area contributed by atoms with Gasteiger partial charge < -0.3 is 15.5 Å². The van der Waals surface area contributed by atoms with Crippen LogP contribution in [-0.2, 0) is 4.79 Å². The molecule has 0 aliphatic rings. The average molecular weight is 614 g/mol. The number of hydrogen-bond acceptors (Lipinski definition) is 3. The summed E-state index contributed by atoms with van der Waals surface area (Å²) >= 11 is 0. The molecule has 2 unspecified atom stereocenters. The van der Waals surface area contributed by atoms with Crippen LogP contribution >= 0.6 is 0 Å². The molecule has 0 heterocycles. The molecule has 0 aromatic rings. The van der Waals surface area contributed by atoms with Gasteiger partial charge in [-0.3, -0.25) is 4.79 Å². The van der Waals surface area contributed by atoms with Crippen molar-refractivity contribution in [3.63, 3.8) is 0 Å². The minimum absolute atomic E-state index is 0.107. The maximum atomic E-state index is 12.3. The van der Waals surface area contributed by atoms with Crippen LogP contribution in [0.2, 0.25) is 0 Å². The van der Waals surface area contributed by atoms with E-state index in [0.717, 1.165) is 57.8 Å². The molecular weight excluding hydrogens is 542 g/mol. The average Bonchev–Trinajstić information content (AvgIpc) is 3.03. The summed E-state index contributed by atoms with van der Waals surface area (Å²) in [5, 5.41) is 22.9. The number of allylic oxidation sites excluding steroid dienone is 9. The number of amides is 1. The number of nitrogens with one attached hydrogen (secondary N) is 1. The van der Waals surface area contributed by atoms with E-state index in [-0.39, 0.29) is 12.5 Å². The second kappa shape index (κ2) is 35.6. The zero-order valence-corrected chi connectivity index (χ0v) is 28.9. The third-order valence-electron chi connectivity index (χ3n) is 8.01. The first-order chi connectivity index (χ1) is 21.7. The Morgan fingerprint density at radius 3 is 1.50 bits per heavy atom. The van der Waals surface area contributed by atoms with Gasteiger partial charge in [0.05, 0.1) is 18.8 Å². The molecule has 0 aromatic carbocycles. The molecule has 4 nitrogen and oxygen atoms in total. The molecule has 254 valence electrons. The summed E-state index contributed by atoms with van der Waals surface area (Å²) in [6.07, 6.45) is 48.8. The maximum absolute atomic E-state index is 12.3. The van der Waals surface area contributed by atoms with Crippen LogP contribution in [0.4, 0.5) is 0 Å². The molecule has 3 N–H and O–H groups in total. The zero-order chi connectivity index (χ0) is 32.2. The first-order valence-electron chi connectivity index (χ1n) is 18.5. The van der Waals surface area contributed by atoms with E-state index in [1.807, 2.05) is 6.08 Å². The number of aliphatic hydroxyl groups is 2. The Kier molecular flexibility index (Phi) is 34.0. The van der Waals surface area contributed by atoms with Crippen LogP contribution in [0.5, 0.6) is 0 Å². The lowest BCUT2D eigenvalue weighted by atomic mass is 10.0. The number of hydrogen-bond donors (Lipinski definition) is 3. The summed E-state index contributed by atoms with van der Waals surface area (Å²) in [6, 6.07) is -0.644. The summed E-state index contributed by atoms with van der Waals surface area (Å²) in [5.74, 6) is -0.107. The van der Waals surface area contributed by atoms with Gasteiger partial charge in [-0.25, -0.2) is 0 Å². The van der Waals surface area contributed by atoms with Crippen LogP contribution in [0, 0.1) is 0 Å². The van der Waals surface area contributed by atoms with Gasteiger partial charge in [0, 0.05) is 6.42 Å². The standard InChI is InChI=1S/C40H71NO3/c1-3-5-7-9-11-13-15-17-19-20-22-23-25-27-29-31-33-35-39(43)38(37-42)41-40(44)36-34-32-30-28-26-24-21-18-16-14-12-10-8-6-4-2/h6,8,12,14,18,21,26,28,33,35,38-39,42-43H,3-5,7,9-11,13,15-17,19-20,22-25,27,29-32,34,36-37H2,1-2H3,(H,41,44)/b8-6-,14-12-,21-18-,28-26-,35-33+. The highest BCUT2D eigenvalue weighted by molar-refractivity contribution is 5.76. The maximum Gasteiger partial charge on any atom is 0.220 e. The van der Waals surface area contributed by atoms with Crippen molar-refractivity contribution in [2.75, 3.05) is 6.61 Å². The molecule has 0 saturated carbocycles. The number of carbonyl (C=O) groups excluding carboxylic acids is 1.